The molecule has 31 heavy (non-hydrogen) atoms. The van der Waals surface area contributed by atoms with Gasteiger partial charge in [0.1, 0.15) is 17.0 Å². The highest BCUT2D eigenvalue weighted by Crippen LogP contribution is 2.41. The van der Waals surface area contributed by atoms with E-state index in [1.165, 1.54) is 24.5 Å². The number of imidazole rings is 1. The fourth-order valence-corrected chi connectivity index (χ4v) is 3.73. The molecule has 2 aromatic carbocycles. The largest absolute Gasteiger partial charge is 0.493 e. The van der Waals surface area contributed by atoms with Gasteiger partial charge in [0.25, 0.3) is 0 Å². The maximum atomic E-state index is 14.0. The van der Waals surface area contributed by atoms with Crippen LogP contribution in [-0.4, -0.2) is 16.6 Å². The van der Waals surface area contributed by atoms with Gasteiger partial charge in [0, 0.05) is 12.0 Å². The van der Waals surface area contributed by atoms with Crippen molar-refractivity contribution in [2.45, 2.75) is 39.0 Å². The Balaban J connectivity index is 1.42. The molecule has 6 heteroatoms. The minimum atomic E-state index is -0.962. The summed E-state index contributed by atoms with van der Waals surface area (Å²) in [4.78, 5) is 7.18. The normalized spacial score (nSPS) is 14.0. The summed E-state index contributed by atoms with van der Waals surface area (Å²) >= 11 is 0. The second kappa shape index (κ2) is 7.84. The molecule has 1 aliphatic rings. The second-order valence-corrected chi connectivity index (χ2v) is 8.63. The summed E-state index contributed by atoms with van der Waals surface area (Å²) in [5.41, 5.74) is 2.82. The van der Waals surface area contributed by atoms with E-state index in [1.807, 2.05) is 6.07 Å². The van der Waals surface area contributed by atoms with Crippen LogP contribution in [0.25, 0.3) is 22.6 Å². The van der Waals surface area contributed by atoms with Crippen LogP contribution in [0.2, 0.25) is 0 Å². The Morgan fingerprint density at radius 3 is 2.74 bits per heavy atom. The summed E-state index contributed by atoms with van der Waals surface area (Å²) in [6.45, 7) is 4.90. The number of benzene rings is 2. The molecular formula is C25H24F2N2O2. The molecule has 0 atom stereocenters. The smallest absolute Gasteiger partial charge is 0.186 e. The van der Waals surface area contributed by atoms with E-state index in [1.54, 1.807) is 6.07 Å². The highest BCUT2D eigenvalue weighted by molar-refractivity contribution is 5.79. The van der Waals surface area contributed by atoms with Crippen LogP contribution in [0, 0.1) is 17.6 Å². The lowest BCUT2D eigenvalue weighted by Gasteiger charge is -2.14. The molecule has 1 fully saturated rings. The topological polar surface area (TPSA) is 51.0 Å². The number of ether oxygens (including phenoxy) is 1. The third-order valence-electron chi connectivity index (χ3n) is 5.51. The standard InChI is InChI=1S/C25H24F2N2O2/c1-14(2)13-30-21-9-5-16(15-3-4-15)11-17(21)12-18-6-10-22(31-18)25-28-20-8-7-19(26)23(27)24(20)29-25/h5-11,14-15H,3-4,12-13H2,1-2H3,(H,28,29). The molecular weight excluding hydrogens is 398 g/mol. The van der Waals surface area contributed by atoms with Gasteiger partial charge in [0.2, 0.25) is 0 Å². The van der Waals surface area contributed by atoms with Crippen LogP contribution in [0.3, 0.4) is 0 Å². The zero-order valence-corrected chi connectivity index (χ0v) is 17.5. The summed E-state index contributed by atoms with van der Waals surface area (Å²) in [5, 5.41) is 0. The molecule has 5 rings (SSSR count). The summed E-state index contributed by atoms with van der Waals surface area (Å²) in [6.07, 6.45) is 3.05. The average molecular weight is 422 g/mol. The molecule has 4 aromatic rings. The third-order valence-corrected chi connectivity index (χ3v) is 5.51. The van der Waals surface area contributed by atoms with Gasteiger partial charge in [0.15, 0.2) is 23.2 Å². The Hall–Kier alpha value is -3.15. The van der Waals surface area contributed by atoms with Crippen LogP contribution in [-0.2, 0) is 6.42 Å². The first-order chi connectivity index (χ1) is 15.0. The zero-order chi connectivity index (χ0) is 21.5. The van der Waals surface area contributed by atoms with Gasteiger partial charge in [-0.05, 0) is 60.6 Å². The lowest BCUT2D eigenvalue weighted by molar-refractivity contribution is 0.268. The van der Waals surface area contributed by atoms with Crippen LogP contribution in [0.5, 0.6) is 5.75 Å². The van der Waals surface area contributed by atoms with Gasteiger partial charge in [-0.3, -0.25) is 0 Å². The number of H-pyrrole nitrogens is 1. The Bertz CT molecular complexity index is 1240. The quantitative estimate of drug-likeness (QED) is 0.365. The van der Waals surface area contributed by atoms with Crippen molar-refractivity contribution < 1.29 is 17.9 Å². The third kappa shape index (κ3) is 4.07. The molecule has 0 bridgehead atoms. The van der Waals surface area contributed by atoms with Crippen molar-refractivity contribution in [2.24, 2.45) is 5.92 Å². The Labute approximate surface area is 179 Å². The van der Waals surface area contributed by atoms with E-state index in [0.29, 0.717) is 42.0 Å². The number of hydrogen-bond acceptors (Lipinski definition) is 3. The number of rotatable bonds is 7. The number of furan rings is 1. The van der Waals surface area contributed by atoms with Crippen LogP contribution >= 0.6 is 0 Å². The van der Waals surface area contributed by atoms with Crippen molar-refractivity contribution in [3.05, 3.63) is 71.0 Å². The van der Waals surface area contributed by atoms with Crippen LogP contribution in [0.4, 0.5) is 8.78 Å². The summed E-state index contributed by atoms with van der Waals surface area (Å²) < 4.78 is 39.5. The highest BCUT2D eigenvalue weighted by atomic mass is 19.2. The minimum Gasteiger partial charge on any atom is -0.493 e. The number of halogens is 2. The van der Waals surface area contributed by atoms with Crippen LogP contribution in [0.1, 0.15) is 49.5 Å². The maximum absolute atomic E-state index is 14.0. The van der Waals surface area contributed by atoms with Crippen molar-refractivity contribution >= 4 is 11.0 Å². The molecule has 160 valence electrons. The van der Waals surface area contributed by atoms with Gasteiger partial charge in [-0.1, -0.05) is 26.0 Å². The van der Waals surface area contributed by atoms with Crippen molar-refractivity contribution in [2.75, 3.05) is 6.61 Å². The van der Waals surface area contributed by atoms with Crippen molar-refractivity contribution in [1.82, 2.24) is 9.97 Å². The lowest BCUT2D eigenvalue weighted by atomic mass is 10.0. The van der Waals surface area contributed by atoms with Gasteiger partial charge in [-0.15, -0.1) is 0 Å². The van der Waals surface area contributed by atoms with Gasteiger partial charge < -0.3 is 14.1 Å². The average Bonchev–Trinajstić information content (AvgIpc) is 3.34. The molecule has 1 aliphatic carbocycles. The van der Waals surface area contributed by atoms with E-state index in [2.05, 4.69) is 42.0 Å². The van der Waals surface area contributed by atoms with Crippen molar-refractivity contribution in [3.8, 4) is 17.3 Å². The Morgan fingerprint density at radius 2 is 1.97 bits per heavy atom. The Kier molecular flexibility index (Phi) is 5.00. The fourth-order valence-electron chi connectivity index (χ4n) is 3.73. The van der Waals surface area contributed by atoms with E-state index in [0.717, 1.165) is 23.1 Å². The predicted molar refractivity (Wildman–Crippen MR) is 115 cm³/mol. The molecule has 0 aliphatic heterocycles. The van der Waals surface area contributed by atoms with E-state index < -0.39 is 11.6 Å². The van der Waals surface area contributed by atoms with Gasteiger partial charge in [-0.2, -0.15) is 0 Å². The van der Waals surface area contributed by atoms with E-state index in [9.17, 15) is 8.78 Å². The number of nitrogens with one attached hydrogen (secondary N) is 1. The zero-order valence-electron chi connectivity index (χ0n) is 17.5. The van der Waals surface area contributed by atoms with Gasteiger partial charge >= 0.3 is 0 Å². The van der Waals surface area contributed by atoms with Crippen LogP contribution < -0.4 is 4.74 Å². The molecule has 2 aromatic heterocycles. The number of hydrogen-bond donors (Lipinski definition) is 1. The molecule has 0 radical (unpaired) electrons. The summed E-state index contributed by atoms with van der Waals surface area (Å²) in [7, 11) is 0. The number of aromatic amines is 1. The first kappa shape index (κ1) is 19.8. The predicted octanol–water partition coefficient (Wildman–Crippen LogP) is 6.60. The first-order valence-electron chi connectivity index (χ1n) is 10.7. The van der Waals surface area contributed by atoms with Gasteiger partial charge in [-0.25, -0.2) is 13.8 Å². The van der Waals surface area contributed by atoms with Crippen LogP contribution in [0.15, 0.2) is 46.9 Å². The molecule has 0 amide bonds. The van der Waals surface area contributed by atoms with E-state index in [-0.39, 0.29) is 5.52 Å². The first-order valence-corrected chi connectivity index (χ1v) is 10.7. The number of aromatic nitrogens is 2. The maximum Gasteiger partial charge on any atom is 0.186 e. The number of nitrogens with zero attached hydrogens (tertiary/aromatic N) is 1. The molecule has 1 saturated carbocycles. The van der Waals surface area contributed by atoms with Crippen molar-refractivity contribution in [3.63, 3.8) is 0 Å². The van der Waals surface area contributed by atoms with Gasteiger partial charge in [0.05, 0.1) is 12.1 Å². The molecule has 0 unspecified atom stereocenters. The lowest BCUT2D eigenvalue weighted by Crippen LogP contribution is -2.06. The van der Waals surface area contributed by atoms with E-state index in [4.69, 9.17) is 9.15 Å². The van der Waals surface area contributed by atoms with E-state index >= 15 is 0 Å². The SMILES string of the molecule is CC(C)COc1ccc(C2CC2)cc1Cc1ccc(-c2nc3c(F)c(F)ccc3[nH]2)o1. The fraction of sp³-hybridized carbons (Fsp3) is 0.320. The van der Waals surface area contributed by atoms with Crippen molar-refractivity contribution in [1.29, 1.82) is 0 Å². The molecule has 1 N–H and O–H groups in total. The minimum absolute atomic E-state index is 0.0329. The second-order valence-electron chi connectivity index (χ2n) is 8.63. The summed E-state index contributed by atoms with van der Waals surface area (Å²) in [5.74, 6) is 1.68. The number of fused-ring (bicyclic) bond motifs is 1. The Morgan fingerprint density at radius 1 is 1.13 bits per heavy atom. The highest BCUT2D eigenvalue weighted by Gasteiger charge is 2.24. The molecule has 0 spiro atoms. The summed E-state index contributed by atoms with van der Waals surface area (Å²) in [6, 6.07) is 12.7. The monoisotopic (exact) mass is 422 g/mol. The molecule has 4 nitrogen and oxygen atoms in total. The molecule has 2 heterocycles. The molecule has 0 saturated heterocycles.